The first-order valence-corrected chi connectivity index (χ1v) is 5.60. The summed E-state index contributed by atoms with van der Waals surface area (Å²) >= 11 is 0. The molecule has 0 spiro atoms. The molecular weight excluding hydrogens is 302 g/mol. The van der Waals surface area contributed by atoms with Gasteiger partial charge >= 0.3 is 6.03 Å². The fourth-order valence-electron chi connectivity index (χ4n) is 1.69. The number of aliphatic hydroxyl groups excluding tert-OH is 1. The number of hydrogen-bond donors (Lipinski definition) is 4. The fourth-order valence-corrected chi connectivity index (χ4v) is 1.69. The minimum Gasteiger partial charge on any atom is -0.505 e. The number of nitrogens with zero attached hydrogens (tertiary/aromatic N) is 1. The average molecular weight is 314 g/mol. The van der Waals surface area contributed by atoms with E-state index in [1.807, 2.05) is 10.6 Å². The first-order chi connectivity index (χ1) is 9.43. The third-order valence-corrected chi connectivity index (χ3v) is 2.76. The topological polar surface area (TPSA) is 129 Å². The van der Waals surface area contributed by atoms with Gasteiger partial charge in [0.05, 0.1) is 12.3 Å². The second-order valence-corrected chi connectivity index (χ2v) is 4.08. The Morgan fingerprint density at radius 1 is 1.24 bits per heavy atom. The molecule has 0 radical (unpaired) electrons. The number of aliphatic hydroxyl groups is 1. The van der Waals surface area contributed by atoms with E-state index in [-0.39, 0.29) is 40.6 Å². The molecule has 2 rings (SSSR count). The van der Waals surface area contributed by atoms with Gasteiger partial charge in [-0.05, 0) is 13.0 Å². The SMILES string of the molecule is Cc1ncc(CO)c(C=C2C(=O)NC(=O)NC2=O)c1O.Cl. The number of aromatic hydroxyl groups is 1. The van der Waals surface area contributed by atoms with E-state index in [1.165, 1.54) is 13.1 Å². The van der Waals surface area contributed by atoms with Gasteiger partial charge in [-0.25, -0.2) is 4.79 Å². The van der Waals surface area contributed by atoms with Crippen molar-refractivity contribution in [2.24, 2.45) is 0 Å². The maximum Gasteiger partial charge on any atom is 0.328 e. The van der Waals surface area contributed by atoms with Crippen LogP contribution in [0.4, 0.5) is 4.79 Å². The lowest BCUT2D eigenvalue weighted by molar-refractivity contribution is -0.123. The van der Waals surface area contributed by atoms with Crippen molar-refractivity contribution in [3.8, 4) is 5.75 Å². The highest BCUT2D eigenvalue weighted by molar-refractivity contribution is 6.31. The molecule has 0 atom stereocenters. The number of carbonyl (C=O) groups is 3. The molecule has 1 aliphatic heterocycles. The summed E-state index contributed by atoms with van der Waals surface area (Å²) in [6.45, 7) is 1.10. The van der Waals surface area contributed by atoms with E-state index >= 15 is 0 Å². The molecule has 21 heavy (non-hydrogen) atoms. The summed E-state index contributed by atoms with van der Waals surface area (Å²) in [7, 11) is 0. The van der Waals surface area contributed by atoms with Crippen LogP contribution in [0, 0.1) is 6.92 Å². The van der Waals surface area contributed by atoms with E-state index in [9.17, 15) is 24.6 Å². The Morgan fingerprint density at radius 3 is 2.33 bits per heavy atom. The van der Waals surface area contributed by atoms with Crippen LogP contribution in [0.1, 0.15) is 16.8 Å². The molecule has 4 N–H and O–H groups in total. The molecule has 0 aliphatic carbocycles. The van der Waals surface area contributed by atoms with Crippen LogP contribution < -0.4 is 10.6 Å². The highest BCUT2D eigenvalue weighted by Crippen LogP contribution is 2.26. The lowest BCUT2D eigenvalue weighted by Crippen LogP contribution is -2.51. The van der Waals surface area contributed by atoms with Crippen LogP contribution in [-0.4, -0.2) is 33.0 Å². The molecule has 0 aromatic carbocycles. The van der Waals surface area contributed by atoms with E-state index in [1.54, 1.807) is 0 Å². The molecule has 0 saturated carbocycles. The average Bonchev–Trinajstić information content (AvgIpc) is 2.38. The van der Waals surface area contributed by atoms with Crippen molar-refractivity contribution in [1.82, 2.24) is 15.6 Å². The zero-order valence-corrected chi connectivity index (χ0v) is 11.7. The molecule has 1 saturated heterocycles. The number of halogens is 1. The third-order valence-electron chi connectivity index (χ3n) is 2.76. The Labute approximate surface area is 125 Å². The Balaban J connectivity index is 0.00000220. The Bertz CT molecular complexity index is 635. The normalized spacial score (nSPS) is 14.2. The minimum absolute atomic E-state index is 0. The molecule has 8 nitrogen and oxygen atoms in total. The number of imide groups is 2. The number of amides is 4. The van der Waals surface area contributed by atoms with E-state index in [0.29, 0.717) is 0 Å². The van der Waals surface area contributed by atoms with Gasteiger partial charge in [-0.3, -0.25) is 25.2 Å². The number of rotatable bonds is 2. The Morgan fingerprint density at radius 2 is 1.81 bits per heavy atom. The highest BCUT2D eigenvalue weighted by Gasteiger charge is 2.28. The molecule has 0 bridgehead atoms. The van der Waals surface area contributed by atoms with Crippen molar-refractivity contribution < 1.29 is 24.6 Å². The molecule has 1 aliphatic rings. The summed E-state index contributed by atoms with van der Waals surface area (Å²) < 4.78 is 0. The summed E-state index contributed by atoms with van der Waals surface area (Å²) in [5.74, 6) is -2.01. The summed E-state index contributed by atoms with van der Waals surface area (Å²) in [5.41, 5.74) is 0.287. The monoisotopic (exact) mass is 313 g/mol. The summed E-state index contributed by atoms with van der Waals surface area (Å²) in [6, 6.07) is -0.908. The van der Waals surface area contributed by atoms with Gasteiger partial charge in [0.2, 0.25) is 0 Å². The second-order valence-electron chi connectivity index (χ2n) is 4.08. The van der Waals surface area contributed by atoms with E-state index < -0.39 is 24.5 Å². The predicted molar refractivity (Wildman–Crippen MR) is 73.5 cm³/mol. The van der Waals surface area contributed by atoms with Crippen LogP contribution in [-0.2, 0) is 16.2 Å². The molecule has 1 aromatic heterocycles. The fraction of sp³-hybridized carbons (Fsp3) is 0.167. The first kappa shape index (κ1) is 16.6. The Kier molecular flexibility index (Phi) is 5.01. The number of hydrogen-bond acceptors (Lipinski definition) is 6. The van der Waals surface area contributed by atoms with Crippen LogP contribution >= 0.6 is 12.4 Å². The molecule has 9 heteroatoms. The minimum atomic E-state index is -0.908. The number of barbiturate groups is 1. The number of carbonyl (C=O) groups excluding carboxylic acids is 3. The largest absolute Gasteiger partial charge is 0.505 e. The standard InChI is InChI=1S/C12H11N3O5.ClH/c1-5-9(17)7(6(4-16)3-13-5)2-8-10(18)14-12(20)15-11(8)19;/h2-3,16-17H,4H2,1H3,(H2,14,15,18,19,20);1H. The van der Waals surface area contributed by atoms with E-state index in [0.717, 1.165) is 6.08 Å². The van der Waals surface area contributed by atoms with Crippen molar-refractivity contribution in [2.75, 3.05) is 0 Å². The summed E-state index contributed by atoms with van der Waals surface area (Å²) in [4.78, 5) is 38.0. The lowest BCUT2D eigenvalue weighted by atomic mass is 10.0. The first-order valence-electron chi connectivity index (χ1n) is 5.60. The highest BCUT2D eigenvalue weighted by atomic mass is 35.5. The molecular formula is C12H12ClN3O5. The van der Waals surface area contributed by atoms with Crippen molar-refractivity contribution in [3.63, 3.8) is 0 Å². The van der Waals surface area contributed by atoms with Crippen LogP contribution in [0.25, 0.3) is 6.08 Å². The Hall–Kier alpha value is -2.45. The van der Waals surface area contributed by atoms with Gasteiger partial charge in [0.15, 0.2) is 0 Å². The lowest BCUT2D eigenvalue weighted by Gasteiger charge is -2.15. The molecule has 4 amide bonds. The predicted octanol–water partition coefficient (Wildman–Crippen LogP) is -0.241. The van der Waals surface area contributed by atoms with Crippen LogP contribution in [0.15, 0.2) is 11.8 Å². The smallest absolute Gasteiger partial charge is 0.328 e. The van der Waals surface area contributed by atoms with Crippen LogP contribution in [0.5, 0.6) is 5.75 Å². The van der Waals surface area contributed by atoms with Crippen LogP contribution in [0.3, 0.4) is 0 Å². The number of aromatic nitrogens is 1. The van der Waals surface area contributed by atoms with Crippen LogP contribution in [0.2, 0.25) is 0 Å². The molecule has 0 unspecified atom stereocenters. The molecule has 112 valence electrons. The maximum absolute atomic E-state index is 11.6. The number of pyridine rings is 1. The van der Waals surface area contributed by atoms with Crippen molar-refractivity contribution >= 4 is 36.3 Å². The number of urea groups is 1. The number of aryl methyl sites for hydroxylation is 1. The van der Waals surface area contributed by atoms with Gasteiger partial charge in [-0.2, -0.15) is 0 Å². The van der Waals surface area contributed by atoms with Gasteiger partial charge < -0.3 is 10.2 Å². The zero-order valence-electron chi connectivity index (χ0n) is 10.8. The van der Waals surface area contributed by atoms with Gasteiger partial charge in [-0.1, -0.05) is 0 Å². The maximum atomic E-state index is 11.6. The van der Waals surface area contributed by atoms with E-state index in [4.69, 9.17) is 0 Å². The van der Waals surface area contributed by atoms with Crippen molar-refractivity contribution in [3.05, 3.63) is 28.6 Å². The van der Waals surface area contributed by atoms with E-state index in [2.05, 4.69) is 4.98 Å². The summed E-state index contributed by atoms with van der Waals surface area (Å²) in [6.07, 6.45) is 2.43. The van der Waals surface area contributed by atoms with Gasteiger partial charge in [0.25, 0.3) is 11.8 Å². The second kappa shape index (κ2) is 6.33. The zero-order chi connectivity index (χ0) is 14.9. The van der Waals surface area contributed by atoms with Crippen molar-refractivity contribution in [2.45, 2.75) is 13.5 Å². The molecule has 1 fully saturated rings. The number of nitrogens with one attached hydrogen (secondary N) is 2. The third kappa shape index (κ3) is 3.18. The molecule has 2 heterocycles. The van der Waals surface area contributed by atoms with Gasteiger partial charge in [0, 0.05) is 17.3 Å². The molecule has 1 aromatic rings. The van der Waals surface area contributed by atoms with Gasteiger partial charge in [-0.15, -0.1) is 12.4 Å². The summed E-state index contributed by atoms with van der Waals surface area (Å²) in [5, 5.41) is 22.9. The quantitative estimate of drug-likeness (QED) is 0.440. The van der Waals surface area contributed by atoms with Crippen molar-refractivity contribution in [1.29, 1.82) is 0 Å². The van der Waals surface area contributed by atoms with Gasteiger partial charge in [0.1, 0.15) is 11.3 Å².